The van der Waals surface area contributed by atoms with Gasteiger partial charge in [0.2, 0.25) is 0 Å². The maximum absolute atomic E-state index is 11.9. The Labute approximate surface area is 115 Å². The van der Waals surface area contributed by atoms with Crippen LogP contribution in [0.15, 0.2) is 36.0 Å². The molecule has 6 nitrogen and oxygen atoms in total. The lowest BCUT2D eigenvalue weighted by Gasteiger charge is -2.14. The molecule has 0 aliphatic heterocycles. The van der Waals surface area contributed by atoms with Crippen molar-refractivity contribution in [2.75, 3.05) is 5.32 Å². The average Bonchev–Trinajstić information content (AvgIpc) is 2.92. The average molecular weight is 280 g/mol. The molecule has 2 N–H and O–H groups in total. The quantitative estimate of drug-likeness (QED) is 0.821. The van der Waals surface area contributed by atoms with Crippen molar-refractivity contribution in [3.05, 3.63) is 52.2 Å². The molecule has 19 heavy (non-hydrogen) atoms. The van der Waals surface area contributed by atoms with Crippen molar-refractivity contribution < 1.29 is 0 Å². The third-order valence-corrected chi connectivity index (χ3v) is 3.04. The molecule has 2 rings (SSSR count). The van der Waals surface area contributed by atoms with Gasteiger partial charge in [-0.1, -0.05) is 17.7 Å². The Morgan fingerprint density at radius 1 is 1.63 bits per heavy atom. The van der Waals surface area contributed by atoms with Crippen LogP contribution in [0.4, 0.5) is 5.69 Å². The molecule has 0 aromatic carbocycles. The Morgan fingerprint density at radius 3 is 3.05 bits per heavy atom. The summed E-state index contributed by atoms with van der Waals surface area (Å²) in [6.07, 6.45) is 6.60. The number of halogens is 1. The van der Waals surface area contributed by atoms with E-state index in [4.69, 9.17) is 11.6 Å². The van der Waals surface area contributed by atoms with Gasteiger partial charge in [0.15, 0.2) is 0 Å². The van der Waals surface area contributed by atoms with Crippen LogP contribution in [0.25, 0.3) is 0 Å². The van der Waals surface area contributed by atoms with Crippen LogP contribution < -0.4 is 10.9 Å². The summed E-state index contributed by atoms with van der Waals surface area (Å²) in [5, 5.41) is 13.9. The fourth-order valence-corrected chi connectivity index (χ4v) is 1.83. The molecule has 2 heterocycles. The van der Waals surface area contributed by atoms with Gasteiger partial charge in [-0.25, -0.2) is 4.68 Å². The second kappa shape index (κ2) is 5.71. The highest BCUT2D eigenvalue weighted by atomic mass is 35.5. The first-order valence-corrected chi connectivity index (χ1v) is 6.13. The Hall–Kier alpha value is -2.08. The molecule has 0 spiro atoms. The number of anilines is 1. The van der Waals surface area contributed by atoms with Crippen LogP contribution in [0.3, 0.4) is 0 Å². The summed E-state index contributed by atoms with van der Waals surface area (Å²) in [5.74, 6) is 0. The van der Waals surface area contributed by atoms with Crippen molar-refractivity contribution in [3.63, 3.8) is 0 Å². The minimum Gasteiger partial charge on any atom is -0.376 e. The summed E-state index contributed by atoms with van der Waals surface area (Å²) >= 11 is 6.05. The molecular weight excluding hydrogens is 266 g/mol. The first-order valence-electron chi connectivity index (χ1n) is 5.75. The highest BCUT2D eigenvalue weighted by Gasteiger charge is 2.12. The fourth-order valence-electron chi connectivity index (χ4n) is 1.63. The van der Waals surface area contributed by atoms with Gasteiger partial charge in [0.1, 0.15) is 5.02 Å². The van der Waals surface area contributed by atoms with Gasteiger partial charge in [0.05, 0.1) is 30.7 Å². The van der Waals surface area contributed by atoms with Crippen molar-refractivity contribution in [3.8, 4) is 0 Å². The summed E-state index contributed by atoms with van der Waals surface area (Å²) in [7, 11) is 0. The predicted molar refractivity (Wildman–Crippen MR) is 74.3 cm³/mol. The molecule has 1 atom stereocenters. The minimum atomic E-state index is -0.342. The molecule has 7 heteroatoms. The summed E-state index contributed by atoms with van der Waals surface area (Å²) in [6.45, 7) is 5.83. The van der Waals surface area contributed by atoms with E-state index in [0.717, 1.165) is 5.56 Å². The number of aromatic nitrogens is 4. The Balaban J connectivity index is 2.24. The molecule has 2 aromatic rings. The van der Waals surface area contributed by atoms with E-state index in [1.165, 1.54) is 10.9 Å². The van der Waals surface area contributed by atoms with Gasteiger partial charge in [0, 0.05) is 11.8 Å². The van der Waals surface area contributed by atoms with Crippen LogP contribution in [0.5, 0.6) is 0 Å². The predicted octanol–water partition coefficient (Wildman–Crippen LogP) is 1.98. The van der Waals surface area contributed by atoms with Crippen molar-refractivity contribution in [2.24, 2.45) is 0 Å². The molecule has 0 aliphatic rings. The second-order valence-electron chi connectivity index (χ2n) is 4.05. The Morgan fingerprint density at radius 2 is 2.42 bits per heavy atom. The summed E-state index contributed by atoms with van der Waals surface area (Å²) in [5.41, 5.74) is 1.12. The first-order chi connectivity index (χ1) is 9.13. The second-order valence-corrected chi connectivity index (χ2v) is 4.42. The van der Waals surface area contributed by atoms with Gasteiger partial charge in [0.25, 0.3) is 5.56 Å². The van der Waals surface area contributed by atoms with Crippen molar-refractivity contribution in [1.29, 1.82) is 0 Å². The zero-order chi connectivity index (χ0) is 13.8. The van der Waals surface area contributed by atoms with Gasteiger partial charge in [-0.3, -0.25) is 9.89 Å². The van der Waals surface area contributed by atoms with Crippen LogP contribution in [-0.2, 0) is 6.54 Å². The van der Waals surface area contributed by atoms with E-state index in [2.05, 4.69) is 27.2 Å². The number of hydrogen-bond acceptors (Lipinski definition) is 4. The van der Waals surface area contributed by atoms with Crippen LogP contribution in [0, 0.1) is 0 Å². The van der Waals surface area contributed by atoms with Crippen molar-refractivity contribution in [1.82, 2.24) is 20.0 Å². The van der Waals surface area contributed by atoms with E-state index in [1.807, 2.05) is 6.92 Å². The summed E-state index contributed by atoms with van der Waals surface area (Å²) in [6, 6.07) is -0.0345. The molecule has 100 valence electrons. The summed E-state index contributed by atoms with van der Waals surface area (Å²) < 4.78 is 1.25. The van der Waals surface area contributed by atoms with Crippen molar-refractivity contribution in [2.45, 2.75) is 19.5 Å². The van der Waals surface area contributed by atoms with E-state index in [-0.39, 0.29) is 16.6 Å². The van der Waals surface area contributed by atoms with E-state index < -0.39 is 0 Å². The molecule has 0 fully saturated rings. The van der Waals surface area contributed by atoms with E-state index in [0.29, 0.717) is 12.2 Å². The highest BCUT2D eigenvalue weighted by Crippen LogP contribution is 2.21. The molecule has 0 radical (unpaired) electrons. The number of H-pyrrole nitrogens is 1. The lowest BCUT2D eigenvalue weighted by Crippen LogP contribution is -2.24. The standard InChI is InChI=1S/C12H14ClN5O/c1-3-4-18-12(19)11(13)10(7-16-18)17-8(2)9-5-14-15-6-9/h3,5-8,17H,1,4H2,2H3,(H,14,15). The van der Waals surface area contributed by atoms with Crippen LogP contribution in [0.1, 0.15) is 18.5 Å². The lowest BCUT2D eigenvalue weighted by molar-refractivity contribution is 0.652. The van der Waals surface area contributed by atoms with Crippen molar-refractivity contribution >= 4 is 17.3 Å². The first kappa shape index (κ1) is 13.4. The maximum atomic E-state index is 11.9. The molecule has 2 aromatic heterocycles. The molecule has 1 unspecified atom stereocenters. The third-order valence-electron chi connectivity index (χ3n) is 2.68. The van der Waals surface area contributed by atoms with Crippen LogP contribution in [0.2, 0.25) is 5.02 Å². The maximum Gasteiger partial charge on any atom is 0.287 e. The minimum absolute atomic E-state index is 0.0345. The summed E-state index contributed by atoms with van der Waals surface area (Å²) in [4.78, 5) is 11.9. The fraction of sp³-hybridized carbons (Fsp3) is 0.250. The topological polar surface area (TPSA) is 75.6 Å². The zero-order valence-electron chi connectivity index (χ0n) is 10.4. The van der Waals surface area contributed by atoms with Crippen LogP contribution >= 0.6 is 11.6 Å². The molecule has 0 aliphatic carbocycles. The highest BCUT2D eigenvalue weighted by molar-refractivity contribution is 6.32. The number of rotatable bonds is 5. The third kappa shape index (κ3) is 2.85. The zero-order valence-corrected chi connectivity index (χ0v) is 11.2. The Bertz CT molecular complexity index is 620. The number of nitrogens with one attached hydrogen (secondary N) is 2. The molecular formula is C12H14ClN5O. The largest absolute Gasteiger partial charge is 0.376 e. The lowest BCUT2D eigenvalue weighted by atomic mass is 10.2. The number of aromatic amines is 1. The number of hydrogen-bond donors (Lipinski definition) is 2. The van der Waals surface area contributed by atoms with Gasteiger partial charge < -0.3 is 5.32 Å². The van der Waals surface area contributed by atoms with Gasteiger partial charge in [-0.2, -0.15) is 10.2 Å². The monoisotopic (exact) mass is 279 g/mol. The number of nitrogens with zero attached hydrogens (tertiary/aromatic N) is 3. The van der Waals surface area contributed by atoms with E-state index in [9.17, 15) is 4.79 Å². The SMILES string of the molecule is C=CCn1ncc(NC(C)c2cn[nH]c2)c(Cl)c1=O. The molecule has 0 bridgehead atoms. The van der Waals surface area contributed by atoms with Gasteiger partial charge >= 0.3 is 0 Å². The van der Waals surface area contributed by atoms with E-state index >= 15 is 0 Å². The normalized spacial score (nSPS) is 12.1. The molecule has 0 amide bonds. The Kier molecular flexibility index (Phi) is 4.01. The number of allylic oxidation sites excluding steroid dienone is 1. The smallest absolute Gasteiger partial charge is 0.287 e. The van der Waals surface area contributed by atoms with Gasteiger partial charge in [-0.15, -0.1) is 6.58 Å². The van der Waals surface area contributed by atoms with E-state index in [1.54, 1.807) is 18.5 Å². The molecule has 0 saturated carbocycles. The molecule has 0 saturated heterocycles. The van der Waals surface area contributed by atoms with Gasteiger partial charge in [-0.05, 0) is 6.92 Å². The van der Waals surface area contributed by atoms with Crippen LogP contribution in [-0.4, -0.2) is 20.0 Å².